The molecule has 0 saturated carbocycles. The number of epoxide rings is 2. The normalized spacial score (nSPS) is 17.1. The third-order valence-corrected chi connectivity index (χ3v) is 7.54. The Morgan fingerprint density at radius 1 is 0.738 bits per heavy atom. The van der Waals surface area contributed by atoms with Crippen LogP contribution in [0.15, 0.2) is 76.9 Å². The molecule has 0 bridgehead atoms. The summed E-state index contributed by atoms with van der Waals surface area (Å²) in [4.78, 5) is 4.66. The van der Waals surface area contributed by atoms with E-state index < -0.39 is 0 Å². The van der Waals surface area contributed by atoms with Gasteiger partial charge in [0.15, 0.2) is 0 Å². The molecule has 3 aromatic rings. The molecule has 0 spiro atoms. The highest BCUT2D eigenvalue weighted by Gasteiger charge is 2.25. The molecule has 2 fully saturated rings. The molecule has 5 rings (SSSR count). The van der Waals surface area contributed by atoms with Crippen LogP contribution in [0.4, 0.5) is 11.4 Å². The highest BCUT2D eigenvalue weighted by atomic mass is 16.6. The van der Waals surface area contributed by atoms with Gasteiger partial charge < -0.3 is 28.7 Å². The molecule has 0 aromatic heterocycles. The minimum absolute atomic E-state index is 0.141. The first kappa shape index (κ1) is 29.6. The van der Waals surface area contributed by atoms with Crippen molar-refractivity contribution in [2.75, 3.05) is 62.4 Å². The topological polar surface area (TPSA) is 74.7 Å². The van der Waals surface area contributed by atoms with Crippen LogP contribution in [0.2, 0.25) is 0 Å². The fraction of sp³-hybridized carbons (Fsp3) is 0.412. The van der Waals surface area contributed by atoms with Crippen molar-refractivity contribution in [1.82, 2.24) is 0 Å². The first-order chi connectivity index (χ1) is 20.6. The molecule has 0 aliphatic carbocycles. The van der Waals surface area contributed by atoms with Gasteiger partial charge in [0.25, 0.3) is 0 Å². The fourth-order valence-corrected chi connectivity index (χ4v) is 4.81. The average molecular weight is 571 g/mol. The Balaban J connectivity index is 1.43. The standard InChI is InChI=1S/C34H42N4O4/c1-5-37(6-2)28-14-9-25(10-15-28)34(26-11-16-29(17-12-26)38(7-3)8-4)36-35-20-27-13-18-30(39-21-31-22-40-31)19-33(27)42-24-32-23-41-32/h9-20,31-32H,5-8,21-24H2,1-4H3. The van der Waals surface area contributed by atoms with Gasteiger partial charge in [0.2, 0.25) is 0 Å². The third-order valence-electron chi connectivity index (χ3n) is 7.54. The molecule has 2 aliphatic rings. The third kappa shape index (κ3) is 7.89. The SMILES string of the molecule is CCN(CC)c1ccc(C(=NN=Cc2ccc(OCC3CO3)cc2OCC2CO2)c2ccc(N(CC)CC)cc2)cc1. The molecule has 3 aromatic carbocycles. The predicted octanol–water partition coefficient (Wildman–Crippen LogP) is 5.81. The largest absolute Gasteiger partial charge is 0.491 e. The van der Waals surface area contributed by atoms with E-state index in [0.29, 0.717) is 19.0 Å². The van der Waals surface area contributed by atoms with Crippen molar-refractivity contribution in [3.8, 4) is 11.5 Å². The number of rotatable bonds is 16. The molecule has 2 unspecified atom stereocenters. The van der Waals surface area contributed by atoms with Crippen molar-refractivity contribution in [3.05, 3.63) is 83.4 Å². The van der Waals surface area contributed by atoms with Gasteiger partial charge in [0, 0.05) is 60.3 Å². The monoisotopic (exact) mass is 570 g/mol. The maximum Gasteiger partial charge on any atom is 0.131 e. The van der Waals surface area contributed by atoms with Crippen LogP contribution in [0.5, 0.6) is 11.5 Å². The van der Waals surface area contributed by atoms with Crippen LogP contribution in [0.25, 0.3) is 0 Å². The molecule has 2 atom stereocenters. The molecule has 0 radical (unpaired) electrons. The number of hydrogen-bond acceptors (Lipinski definition) is 8. The molecular weight excluding hydrogens is 528 g/mol. The molecule has 222 valence electrons. The van der Waals surface area contributed by atoms with Gasteiger partial charge in [-0.3, -0.25) is 0 Å². The van der Waals surface area contributed by atoms with Gasteiger partial charge in [0.05, 0.1) is 19.4 Å². The summed E-state index contributed by atoms with van der Waals surface area (Å²) >= 11 is 0. The molecule has 42 heavy (non-hydrogen) atoms. The van der Waals surface area contributed by atoms with E-state index in [4.69, 9.17) is 24.0 Å². The number of nitrogens with zero attached hydrogens (tertiary/aromatic N) is 4. The molecular formula is C34H42N4O4. The summed E-state index contributed by atoms with van der Waals surface area (Å²) in [7, 11) is 0. The highest BCUT2D eigenvalue weighted by Crippen LogP contribution is 2.27. The van der Waals surface area contributed by atoms with Crippen LogP contribution in [0.3, 0.4) is 0 Å². The van der Waals surface area contributed by atoms with Crippen molar-refractivity contribution in [1.29, 1.82) is 0 Å². The van der Waals surface area contributed by atoms with Gasteiger partial charge >= 0.3 is 0 Å². The predicted molar refractivity (Wildman–Crippen MR) is 170 cm³/mol. The lowest BCUT2D eigenvalue weighted by Crippen LogP contribution is -2.22. The second-order valence-electron chi connectivity index (χ2n) is 10.4. The summed E-state index contributed by atoms with van der Waals surface area (Å²) in [5.41, 5.74) is 6.03. The Kier molecular flexibility index (Phi) is 10.1. The summed E-state index contributed by atoms with van der Waals surface area (Å²) in [5.74, 6) is 1.42. The van der Waals surface area contributed by atoms with Gasteiger partial charge in [-0.2, -0.15) is 5.10 Å². The first-order valence-corrected chi connectivity index (χ1v) is 15.1. The van der Waals surface area contributed by atoms with Crippen LogP contribution in [-0.4, -0.2) is 76.7 Å². The van der Waals surface area contributed by atoms with E-state index in [1.807, 2.05) is 18.2 Å². The van der Waals surface area contributed by atoms with E-state index in [9.17, 15) is 0 Å². The van der Waals surface area contributed by atoms with Gasteiger partial charge in [0.1, 0.15) is 42.6 Å². The maximum absolute atomic E-state index is 6.08. The van der Waals surface area contributed by atoms with Crippen molar-refractivity contribution in [2.24, 2.45) is 10.2 Å². The Labute approximate surface area is 249 Å². The van der Waals surface area contributed by atoms with E-state index >= 15 is 0 Å². The zero-order valence-corrected chi connectivity index (χ0v) is 25.2. The molecule has 2 saturated heterocycles. The smallest absolute Gasteiger partial charge is 0.131 e. The number of ether oxygens (including phenoxy) is 4. The summed E-state index contributed by atoms with van der Waals surface area (Å²) in [6.07, 6.45) is 2.07. The van der Waals surface area contributed by atoms with Gasteiger partial charge in [-0.15, -0.1) is 5.10 Å². The zero-order valence-electron chi connectivity index (χ0n) is 25.2. The molecule has 8 nitrogen and oxygen atoms in total. The second kappa shape index (κ2) is 14.3. The zero-order chi connectivity index (χ0) is 29.3. The van der Waals surface area contributed by atoms with Crippen molar-refractivity contribution < 1.29 is 18.9 Å². The Morgan fingerprint density at radius 2 is 1.24 bits per heavy atom. The van der Waals surface area contributed by atoms with E-state index in [0.717, 1.165) is 67.5 Å². The number of hydrogen-bond donors (Lipinski definition) is 0. The Hall–Kier alpha value is -3.88. The molecule has 0 amide bonds. The minimum Gasteiger partial charge on any atom is -0.491 e. The van der Waals surface area contributed by atoms with Crippen LogP contribution in [-0.2, 0) is 9.47 Å². The minimum atomic E-state index is 0.141. The van der Waals surface area contributed by atoms with E-state index in [-0.39, 0.29) is 12.2 Å². The lowest BCUT2D eigenvalue weighted by Gasteiger charge is -2.22. The molecule has 2 heterocycles. The van der Waals surface area contributed by atoms with Gasteiger partial charge in [-0.1, -0.05) is 24.3 Å². The number of anilines is 2. The first-order valence-electron chi connectivity index (χ1n) is 15.1. The van der Waals surface area contributed by atoms with E-state index in [1.54, 1.807) is 6.21 Å². The van der Waals surface area contributed by atoms with E-state index in [2.05, 4.69) is 91.1 Å². The van der Waals surface area contributed by atoms with Crippen LogP contribution in [0.1, 0.15) is 44.4 Å². The Bertz CT molecular complexity index is 1280. The number of benzene rings is 3. The van der Waals surface area contributed by atoms with Crippen molar-refractivity contribution in [3.63, 3.8) is 0 Å². The van der Waals surface area contributed by atoms with Crippen molar-refractivity contribution in [2.45, 2.75) is 39.9 Å². The summed E-state index contributed by atoms with van der Waals surface area (Å²) in [5, 5.41) is 9.32. The average Bonchev–Trinajstić information content (AvgIpc) is 3.96. The summed E-state index contributed by atoms with van der Waals surface area (Å²) in [6.45, 7) is 15.0. The Morgan fingerprint density at radius 3 is 1.71 bits per heavy atom. The quantitative estimate of drug-likeness (QED) is 0.123. The molecule has 0 N–H and O–H groups in total. The second-order valence-corrected chi connectivity index (χ2v) is 10.4. The van der Waals surface area contributed by atoms with Crippen molar-refractivity contribution >= 4 is 23.3 Å². The summed E-state index contributed by atoms with van der Waals surface area (Å²) < 4.78 is 22.6. The fourth-order valence-electron chi connectivity index (χ4n) is 4.81. The molecule has 2 aliphatic heterocycles. The van der Waals surface area contributed by atoms with Crippen LogP contribution in [0, 0.1) is 0 Å². The van der Waals surface area contributed by atoms with Crippen LogP contribution < -0.4 is 19.3 Å². The maximum atomic E-state index is 6.08. The van der Waals surface area contributed by atoms with E-state index in [1.165, 1.54) is 11.4 Å². The summed E-state index contributed by atoms with van der Waals surface area (Å²) in [6, 6.07) is 22.9. The van der Waals surface area contributed by atoms with Gasteiger partial charge in [-0.25, -0.2) is 0 Å². The molecule has 8 heteroatoms. The highest BCUT2D eigenvalue weighted by molar-refractivity contribution is 6.13. The lowest BCUT2D eigenvalue weighted by atomic mass is 10.0. The van der Waals surface area contributed by atoms with Crippen LogP contribution >= 0.6 is 0 Å². The lowest BCUT2D eigenvalue weighted by molar-refractivity contribution is 0.252. The van der Waals surface area contributed by atoms with Gasteiger partial charge in [-0.05, 0) is 64.1 Å².